The Hall–Kier alpha value is -4.28. The second-order valence-corrected chi connectivity index (χ2v) is 7.02. The number of nitrogens with two attached hydrogens (primary N) is 1. The van der Waals surface area contributed by atoms with Crippen molar-refractivity contribution in [1.29, 1.82) is 0 Å². The van der Waals surface area contributed by atoms with Gasteiger partial charge in [0.25, 0.3) is 5.89 Å². The number of fused-ring (bicyclic) bond motifs is 1. The first-order valence-corrected chi connectivity index (χ1v) is 9.42. The molecule has 0 saturated carbocycles. The fourth-order valence-electron chi connectivity index (χ4n) is 3.25. The zero-order chi connectivity index (χ0) is 22.2. The topological polar surface area (TPSA) is 109 Å². The third-order valence-electron chi connectivity index (χ3n) is 4.84. The summed E-state index contributed by atoms with van der Waals surface area (Å²) in [6, 6.07) is 11.7. The first kappa shape index (κ1) is 19.7. The highest BCUT2D eigenvalue weighted by atomic mass is 19.3. The molecule has 160 valence electrons. The second-order valence-electron chi connectivity index (χ2n) is 7.02. The molecule has 0 bridgehead atoms. The van der Waals surface area contributed by atoms with E-state index < -0.39 is 18.1 Å². The molecule has 2 N–H and O–H groups in total. The standard InChI is InChI=1S/C21H14F3N7O/c22-16-6-12(20-28-29-21(32-20)19(23)24)2-4-14(16)9-31-10-17(27-30-31)11-1-3-13-8-26-18(25)7-15(13)5-11/h1-8,10,19H,9H2,(H2,25,26). The highest BCUT2D eigenvalue weighted by molar-refractivity contribution is 5.87. The van der Waals surface area contributed by atoms with Gasteiger partial charge in [-0.25, -0.2) is 14.1 Å². The van der Waals surface area contributed by atoms with Gasteiger partial charge in [0.15, 0.2) is 0 Å². The lowest BCUT2D eigenvalue weighted by molar-refractivity contribution is 0.116. The van der Waals surface area contributed by atoms with Gasteiger partial charge in [-0.1, -0.05) is 23.4 Å². The fraction of sp³-hybridized carbons (Fsp3) is 0.0952. The van der Waals surface area contributed by atoms with E-state index in [4.69, 9.17) is 10.2 Å². The van der Waals surface area contributed by atoms with E-state index in [0.29, 0.717) is 17.1 Å². The van der Waals surface area contributed by atoms with E-state index >= 15 is 0 Å². The predicted octanol–water partition coefficient (Wildman–Crippen LogP) is 4.25. The smallest absolute Gasteiger partial charge is 0.314 e. The molecule has 0 amide bonds. The molecule has 8 nitrogen and oxygen atoms in total. The summed E-state index contributed by atoms with van der Waals surface area (Å²) in [5.74, 6) is -1.14. The Kier molecular flexibility index (Phi) is 4.77. The Labute approximate surface area is 178 Å². The molecule has 5 rings (SSSR count). The van der Waals surface area contributed by atoms with E-state index in [1.54, 1.807) is 18.5 Å². The highest BCUT2D eigenvalue weighted by Crippen LogP contribution is 2.26. The number of halogens is 3. The monoisotopic (exact) mass is 437 g/mol. The van der Waals surface area contributed by atoms with E-state index in [0.717, 1.165) is 22.4 Å². The molecule has 0 saturated heterocycles. The van der Waals surface area contributed by atoms with Crippen LogP contribution in [0.15, 0.2) is 59.3 Å². The van der Waals surface area contributed by atoms with E-state index in [2.05, 4.69) is 25.5 Å². The van der Waals surface area contributed by atoms with Gasteiger partial charge < -0.3 is 10.2 Å². The Morgan fingerprint density at radius 3 is 2.59 bits per heavy atom. The fourth-order valence-corrected chi connectivity index (χ4v) is 3.25. The minimum absolute atomic E-state index is 0.121. The van der Waals surface area contributed by atoms with Crippen LogP contribution in [-0.4, -0.2) is 30.2 Å². The number of alkyl halides is 2. The van der Waals surface area contributed by atoms with Gasteiger partial charge in [-0.2, -0.15) is 8.78 Å². The van der Waals surface area contributed by atoms with Crippen molar-refractivity contribution < 1.29 is 17.6 Å². The molecule has 3 aromatic heterocycles. The second kappa shape index (κ2) is 7.76. The van der Waals surface area contributed by atoms with Gasteiger partial charge in [-0.05, 0) is 29.7 Å². The normalized spacial score (nSPS) is 11.5. The van der Waals surface area contributed by atoms with E-state index in [1.807, 2.05) is 18.2 Å². The van der Waals surface area contributed by atoms with Gasteiger partial charge in [0.1, 0.15) is 17.3 Å². The third-order valence-corrected chi connectivity index (χ3v) is 4.84. The number of pyridine rings is 1. The van der Waals surface area contributed by atoms with Crippen molar-refractivity contribution in [3.05, 3.63) is 72.1 Å². The SMILES string of the molecule is Nc1cc2cc(-c3cn(Cc4ccc(-c5nnc(C(F)F)o5)cc4F)nn3)ccc2cn1. The van der Waals surface area contributed by atoms with Crippen LogP contribution in [0.3, 0.4) is 0 Å². The average molecular weight is 437 g/mol. The van der Waals surface area contributed by atoms with E-state index in [-0.39, 0.29) is 18.0 Å². The van der Waals surface area contributed by atoms with Gasteiger partial charge in [0, 0.05) is 28.3 Å². The van der Waals surface area contributed by atoms with Gasteiger partial charge in [-0.15, -0.1) is 15.3 Å². The number of nitrogen functional groups attached to an aromatic ring is 1. The van der Waals surface area contributed by atoms with E-state index in [1.165, 1.54) is 16.8 Å². The lowest BCUT2D eigenvalue weighted by Gasteiger charge is -2.04. The molecule has 0 aliphatic heterocycles. The summed E-state index contributed by atoms with van der Waals surface area (Å²) in [7, 11) is 0. The molecule has 0 spiro atoms. The van der Waals surface area contributed by atoms with Crippen molar-refractivity contribution in [2.24, 2.45) is 0 Å². The zero-order valence-electron chi connectivity index (χ0n) is 16.3. The number of nitrogens with zero attached hydrogens (tertiary/aromatic N) is 6. The van der Waals surface area contributed by atoms with Crippen molar-refractivity contribution >= 4 is 16.6 Å². The maximum atomic E-state index is 14.6. The predicted molar refractivity (Wildman–Crippen MR) is 109 cm³/mol. The molecule has 5 aromatic rings. The van der Waals surface area contributed by atoms with Crippen LogP contribution in [-0.2, 0) is 6.54 Å². The summed E-state index contributed by atoms with van der Waals surface area (Å²) >= 11 is 0. The summed E-state index contributed by atoms with van der Waals surface area (Å²) < 4.78 is 46.2. The van der Waals surface area contributed by atoms with Crippen LogP contribution in [0.1, 0.15) is 17.9 Å². The van der Waals surface area contributed by atoms with Crippen molar-refractivity contribution in [2.45, 2.75) is 13.0 Å². The summed E-state index contributed by atoms with van der Waals surface area (Å²) in [6.07, 6.45) is 0.505. The number of rotatable bonds is 5. The van der Waals surface area contributed by atoms with E-state index in [9.17, 15) is 13.2 Å². The van der Waals surface area contributed by atoms with Gasteiger partial charge in [0.05, 0.1) is 12.7 Å². The third kappa shape index (κ3) is 3.75. The Morgan fingerprint density at radius 2 is 1.81 bits per heavy atom. The van der Waals surface area contributed by atoms with Gasteiger partial charge in [0.2, 0.25) is 5.89 Å². The quantitative estimate of drug-likeness (QED) is 0.438. The van der Waals surface area contributed by atoms with Crippen LogP contribution in [0.2, 0.25) is 0 Å². The summed E-state index contributed by atoms with van der Waals surface area (Å²) in [6.45, 7) is 0.121. The molecular formula is C21H14F3N7O. The molecule has 3 heterocycles. The van der Waals surface area contributed by atoms with Crippen LogP contribution in [0, 0.1) is 5.82 Å². The van der Waals surface area contributed by atoms with Crippen LogP contribution < -0.4 is 5.73 Å². The molecule has 0 unspecified atom stereocenters. The molecule has 0 fully saturated rings. The van der Waals surface area contributed by atoms with Crippen molar-refractivity contribution in [1.82, 2.24) is 30.2 Å². The highest BCUT2D eigenvalue weighted by Gasteiger charge is 2.18. The maximum Gasteiger partial charge on any atom is 0.314 e. The number of hydrogen-bond donors (Lipinski definition) is 1. The van der Waals surface area contributed by atoms with Crippen molar-refractivity contribution in [3.8, 4) is 22.7 Å². The Balaban J connectivity index is 1.37. The molecule has 0 aliphatic rings. The summed E-state index contributed by atoms with van der Waals surface area (Å²) in [5.41, 5.74) is 7.73. The lowest BCUT2D eigenvalue weighted by atomic mass is 10.1. The Morgan fingerprint density at radius 1 is 0.969 bits per heavy atom. The largest absolute Gasteiger partial charge is 0.415 e. The molecule has 11 heteroatoms. The van der Waals surface area contributed by atoms with Crippen LogP contribution in [0.25, 0.3) is 33.5 Å². The summed E-state index contributed by atoms with van der Waals surface area (Å²) in [4.78, 5) is 4.07. The van der Waals surface area contributed by atoms with Crippen LogP contribution >= 0.6 is 0 Å². The van der Waals surface area contributed by atoms with Gasteiger partial charge in [-0.3, -0.25) is 0 Å². The number of hydrogen-bond acceptors (Lipinski definition) is 7. The molecule has 0 radical (unpaired) electrons. The summed E-state index contributed by atoms with van der Waals surface area (Å²) in [5, 5.41) is 16.9. The molecule has 0 atom stereocenters. The van der Waals surface area contributed by atoms with Crippen molar-refractivity contribution in [3.63, 3.8) is 0 Å². The first-order chi connectivity index (χ1) is 15.5. The first-order valence-electron chi connectivity index (χ1n) is 9.42. The minimum atomic E-state index is -2.89. The average Bonchev–Trinajstić information content (AvgIpc) is 3.45. The van der Waals surface area contributed by atoms with Crippen LogP contribution in [0.5, 0.6) is 0 Å². The van der Waals surface area contributed by atoms with Gasteiger partial charge >= 0.3 is 6.43 Å². The Bertz CT molecular complexity index is 1430. The van der Waals surface area contributed by atoms with Crippen molar-refractivity contribution in [2.75, 3.05) is 5.73 Å². The lowest BCUT2D eigenvalue weighted by Crippen LogP contribution is -2.03. The zero-order valence-corrected chi connectivity index (χ0v) is 16.3. The van der Waals surface area contributed by atoms with Crippen LogP contribution in [0.4, 0.5) is 19.0 Å². The molecule has 0 aliphatic carbocycles. The maximum absolute atomic E-state index is 14.6. The molecule has 32 heavy (non-hydrogen) atoms. The number of aromatic nitrogens is 6. The minimum Gasteiger partial charge on any atom is -0.415 e. The molecule has 2 aromatic carbocycles. The molecular weight excluding hydrogens is 423 g/mol. The number of benzene rings is 2. The number of anilines is 1.